The number of methoxy groups -OCH3 is 1. The Balaban J connectivity index is 0.000000921. The van der Waals surface area contributed by atoms with Crippen LogP contribution in [-0.2, 0) is 9.53 Å². The largest absolute Gasteiger partial charge is 0.364 e. The first kappa shape index (κ1) is 14.4. The quantitative estimate of drug-likeness (QED) is 0.706. The highest BCUT2D eigenvalue weighted by Gasteiger charge is 2.33. The Morgan fingerprint density at radius 3 is 2.07 bits per heavy atom. The van der Waals surface area contributed by atoms with Gasteiger partial charge in [0.15, 0.2) is 0 Å². The number of amides is 1. The van der Waals surface area contributed by atoms with Crippen LogP contribution in [0, 0.1) is 0 Å². The highest BCUT2D eigenvalue weighted by molar-refractivity contribution is 5.73. The maximum absolute atomic E-state index is 11.1. The van der Waals surface area contributed by atoms with Crippen LogP contribution in [0.2, 0.25) is 0 Å². The van der Waals surface area contributed by atoms with Crippen LogP contribution in [0.4, 0.5) is 0 Å². The van der Waals surface area contributed by atoms with Gasteiger partial charge in [-0.05, 0) is 7.05 Å². The third-order valence-electron chi connectivity index (χ3n) is 2.86. The molecule has 0 aromatic carbocycles. The van der Waals surface area contributed by atoms with Gasteiger partial charge in [-0.15, -0.1) is 0 Å². The van der Waals surface area contributed by atoms with Gasteiger partial charge in [0.25, 0.3) is 0 Å². The van der Waals surface area contributed by atoms with E-state index in [0.717, 1.165) is 25.9 Å². The van der Waals surface area contributed by atoms with Crippen molar-refractivity contribution in [3.63, 3.8) is 0 Å². The molecule has 0 bridgehead atoms. The Kier molecular flexibility index (Phi) is 6.52. The van der Waals surface area contributed by atoms with Gasteiger partial charge in [-0.3, -0.25) is 10.1 Å². The van der Waals surface area contributed by atoms with Crippen molar-refractivity contribution in [1.82, 2.24) is 10.2 Å². The Hall–Kier alpha value is -0.610. The summed E-state index contributed by atoms with van der Waals surface area (Å²) in [5.41, 5.74) is -0.216. The number of nitrogens with zero attached hydrogens (tertiary/aromatic N) is 1. The van der Waals surface area contributed by atoms with E-state index >= 15 is 0 Å². The highest BCUT2D eigenvalue weighted by atomic mass is 16.5. The summed E-state index contributed by atoms with van der Waals surface area (Å²) in [6.07, 6.45) is 1.72. The minimum atomic E-state index is -0.216. The Bertz CT molecular complexity index is 181. The van der Waals surface area contributed by atoms with E-state index in [1.807, 2.05) is 25.8 Å². The monoisotopic (exact) mass is 216 g/mol. The van der Waals surface area contributed by atoms with Gasteiger partial charge in [0.2, 0.25) is 5.91 Å². The molecule has 0 atom stereocenters. The van der Waals surface area contributed by atoms with Crippen molar-refractivity contribution in [3.05, 3.63) is 0 Å². The molecule has 1 N–H and O–H groups in total. The molecule has 0 aliphatic carbocycles. The van der Waals surface area contributed by atoms with Gasteiger partial charge in [-0.1, -0.05) is 13.8 Å². The summed E-state index contributed by atoms with van der Waals surface area (Å²) in [5, 5.41) is 3.17. The summed E-state index contributed by atoms with van der Waals surface area (Å²) in [6, 6.07) is 0. The van der Waals surface area contributed by atoms with E-state index in [0.29, 0.717) is 0 Å². The zero-order valence-electron chi connectivity index (χ0n) is 10.6. The van der Waals surface area contributed by atoms with E-state index in [2.05, 4.69) is 5.32 Å². The van der Waals surface area contributed by atoms with Gasteiger partial charge in [0, 0.05) is 40.0 Å². The predicted octanol–water partition coefficient (Wildman–Crippen LogP) is 1.22. The Labute approximate surface area is 93.0 Å². The molecule has 1 fully saturated rings. The second-order valence-corrected chi connectivity index (χ2v) is 3.45. The van der Waals surface area contributed by atoms with Crippen molar-refractivity contribution in [2.45, 2.75) is 39.3 Å². The van der Waals surface area contributed by atoms with E-state index in [-0.39, 0.29) is 11.6 Å². The van der Waals surface area contributed by atoms with Crippen LogP contribution in [0.1, 0.15) is 33.6 Å². The Morgan fingerprint density at radius 1 is 1.33 bits per heavy atom. The lowest BCUT2D eigenvalue weighted by atomic mass is 10.0. The van der Waals surface area contributed by atoms with E-state index in [9.17, 15) is 4.79 Å². The molecule has 1 aliphatic heterocycles. The summed E-state index contributed by atoms with van der Waals surface area (Å²) in [7, 11) is 3.60. The number of hydrogen-bond donors (Lipinski definition) is 1. The van der Waals surface area contributed by atoms with Gasteiger partial charge >= 0.3 is 0 Å². The van der Waals surface area contributed by atoms with Gasteiger partial charge in [0.05, 0.1) is 0 Å². The lowest BCUT2D eigenvalue weighted by Gasteiger charge is -2.40. The summed E-state index contributed by atoms with van der Waals surface area (Å²) in [5.74, 6) is 0.154. The zero-order chi connectivity index (χ0) is 11.9. The molecular formula is C11H24N2O2. The molecule has 1 heterocycles. The fraction of sp³-hybridized carbons (Fsp3) is 0.909. The molecule has 0 radical (unpaired) electrons. The average molecular weight is 216 g/mol. The first-order chi connectivity index (χ1) is 7.13. The van der Waals surface area contributed by atoms with Crippen LogP contribution in [-0.4, -0.2) is 43.8 Å². The smallest absolute Gasteiger partial charge is 0.219 e. The molecule has 1 amide bonds. The standard InChI is InChI=1S/C9H18N2O2.C2H6/c1-8(12)11-6-4-9(10-2,13-3)5-7-11;1-2/h10H,4-7H2,1-3H3;1-2H3. The first-order valence-corrected chi connectivity index (χ1v) is 5.63. The number of hydrogen-bond acceptors (Lipinski definition) is 3. The van der Waals surface area contributed by atoms with Crippen molar-refractivity contribution in [2.24, 2.45) is 0 Å². The molecule has 0 unspecified atom stereocenters. The number of rotatable bonds is 2. The molecule has 4 heteroatoms. The molecule has 1 saturated heterocycles. The second kappa shape index (κ2) is 6.80. The van der Waals surface area contributed by atoms with Crippen molar-refractivity contribution >= 4 is 5.91 Å². The summed E-state index contributed by atoms with van der Waals surface area (Å²) in [6.45, 7) is 7.17. The molecule has 90 valence electrons. The van der Waals surface area contributed by atoms with Crippen molar-refractivity contribution < 1.29 is 9.53 Å². The maximum atomic E-state index is 11.1. The zero-order valence-corrected chi connectivity index (χ0v) is 10.6. The molecule has 0 saturated carbocycles. The van der Waals surface area contributed by atoms with Crippen molar-refractivity contribution in [3.8, 4) is 0 Å². The van der Waals surface area contributed by atoms with Crippen LogP contribution in [0.25, 0.3) is 0 Å². The third-order valence-corrected chi connectivity index (χ3v) is 2.86. The molecule has 1 rings (SSSR count). The van der Waals surface area contributed by atoms with Crippen LogP contribution in [0.15, 0.2) is 0 Å². The van der Waals surface area contributed by atoms with Crippen LogP contribution in [0.5, 0.6) is 0 Å². The van der Waals surface area contributed by atoms with Crippen LogP contribution >= 0.6 is 0 Å². The van der Waals surface area contributed by atoms with Gasteiger partial charge in [0.1, 0.15) is 5.72 Å². The topological polar surface area (TPSA) is 41.6 Å². The number of piperidine rings is 1. The van der Waals surface area contributed by atoms with Gasteiger partial charge < -0.3 is 9.64 Å². The summed E-state index contributed by atoms with van der Waals surface area (Å²) in [4.78, 5) is 12.9. The second-order valence-electron chi connectivity index (χ2n) is 3.45. The van der Waals surface area contributed by atoms with Gasteiger partial charge in [-0.25, -0.2) is 0 Å². The van der Waals surface area contributed by atoms with Crippen LogP contribution < -0.4 is 5.32 Å². The van der Waals surface area contributed by atoms with E-state index in [1.165, 1.54) is 0 Å². The number of carbonyl (C=O) groups is 1. The summed E-state index contributed by atoms with van der Waals surface area (Å²) < 4.78 is 5.41. The minimum absolute atomic E-state index is 0.154. The van der Waals surface area contributed by atoms with E-state index in [1.54, 1.807) is 14.0 Å². The molecule has 0 aromatic rings. The first-order valence-electron chi connectivity index (χ1n) is 5.63. The number of nitrogens with one attached hydrogen (secondary N) is 1. The third kappa shape index (κ3) is 3.80. The number of carbonyl (C=O) groups excluding carboxylic acids is 1. The molecule has 1 aliphatic rings. The molecule has 0 spiro atoms. The minimum Gasteiger partial charge on any atom is -0.364 e. The van der Waals surface area contributed by atoms with Gasteiger partial charge in [-0.2, -0.15) is 0 Å². The lowest BCUT2D eigenvalue weighted by Crippen LogP contribution is -2.54. The summed E-state index contributed by atoms with van der Waals surface area (Å²) >= 11 is 0. The highest BCUT2D eigenvalue weighted by Crippen LogP contribution is 2.22. The SMILES string of the molecule is CC.CNC1(OC)CCN(C(C)=O)CC1. The van der Waals surface area contributed by atoms with Crippen LogP contribution in [0.3, 0.4) is 0 Å². The lowest BCUT2D eigenvalue weighted by molar-refractivity contribution is -0.136. The average Bonchev–Trinajstić information content (AvgIpc) is 2.31. The van der Waals surface area contributed by atoms with Crippen molar-refractivity contribution in [2.75, 3.05) is 27.2 Å². The molecule has 4 nitrogen and oxygen atoms in total. The molecule has 0 aromatic heterocycles. The predicted molar refractivity (Wildman–Crippen MR) is 61.6 cm³/mol. The fourth-order valence-electron chi connectivity index (χ4n) is 1.74. The fourth-order valence-corrected chi connectivity index (χ4v) is 1.74. The Morgan fingerprint density at radius 2 is 1.80 bits per heavy atom. The number of likely N-dealkylation sites (tertiary alicyclic amines) is 1. The number of ether oxygens (including phenoxy) is 1. The normalized spacial score (nSPS) is 19.1. The molecule has 15 heavy (non-hydrogen) atoms. The van der Waals surface area contributed by atoms with Crippen molar-refractivity contribution in [1.29, 1.82) is 0 Å². The van der Waals surface area contributed by atoms with E-state index < -0.39 is 0 Å². The van der Waals surface area contributed by atoms with E-state index in [4.69, 9.17) is 4.74 Å². The maximum Gasteiger partial charge on any atom is 0.219 e. The molecular weight excluding hydrogens is 192 g/mol.